The van der Waals surface area contributed by atoms with Crippen molar-refractivity contribution in [2.24, 2.45) is 5.41 Å². The third-order valence-corrected chi connectivity index (χ3v) is 4.54. The van der Waals surface area contributed by atoms with E-state index in [2.05, 4.69) is 51.2 Å². The SMILES string of the molecule is CNC1CCC(C)(C)CC1Oc1cccc(C)c1C. The highest BCUT2D eigenvalue weighted by molar-refractivity contribution is 5.38. The summed E-state index contributed by atoms with van der Waals surface area (Å²) in [6.45, 7) is 8.98. The number of ether oxygens (including phenoxy) is 1. The molecule has 0 heterocycles. The van der Waals surface area contributed by atoms with Gasteiger partial charge in [-0.2, -0.15) is 0 Å². The maximum Gasteiger partial charge on any atom is 0.122 e. The van der Waals surface area contributed by atoms with E-state index in [0.29, 0.717) is 11.5 Å². The molecule has 2 unspecified atom stereocenters. The summed E-state index contributed by atoms with van der Waals surface area (Å²) in [5.41, 5.74) is 2.95. The predicted octanol–water partition coefficient (Wildman–Crippen LogP) is 3.85. The lowest BCUT2D eigenvalue weighted by Gasteiger charge is -2.40. The predicted molar refractivity (Wildman–Crippen MR) is 80.8 cm³/mol. The van der Waals surface area contributed by atoms with Crippen LogP contribution in [0.2, 0.25) is 0 Å². The van der Waals surface area contributed by atoms with Crippen LogP contribution in [0.3, 0.4) is 0 Å². The van der Waals surface area contributed by atoms with Crippen LogP contribution in [0.15, 0.2) is 18.2 Å². The summed E-state index contributed by atoms with van der Waals surface area (Å²) in [5, 5.41) is 3.42. The minimum absolute atomic E-state index is 0.272. The van der Waals surface area contributed by atoms with E-state index >= 15 is 0 Å². The van der Waals surface area contributed by atoms with Crippen molar-refractivity contribution in [3.8, 4) is 5.75 Å². The molecule has 0 radical (unpaired) electrons. The Balaban J connectivity index is 2.17. The van der Waals surface area contributed by atoms with Crippen LogP contribution < -0.4 is 10.1 Å². The Morgan fingerprint density at radius 1 is 1.26 bits per heavy atom. The second-order valence-electron chi connectivity index (χ2n) is 6.66. The van der Waals surface area contributed by atoms with Gasteiger partial charge in [-0.25, -0.2) is 0 Å². The van der Waals surface area contributed by atoms with E-state index in [0.717, 1.165) is 12.2 Å². The summed E-state index contributed by atoms with van der Waals surface area (Å²) < 4.78 is 6.34. The first kappa shape index (κ1) is 14.4. The van der Waals surface area contributed by atoms with Crippen LogP contribution in [0, 0.1) is 19.3 Å². The van der Waals surface area contributed by atoms with Crippen molar-refractivity contribution in [3.63, 3.8) is 0 Å². The lowest BCUT2D eigenvalue weighted by Crippen LogP contribution is -2.47. The molecule has 1 aliphatic rings. The summed E-state index contributed by atoms with van der Waals surface area (Å²) in [5.74, 6) is 1.04. The highest BCUT2D eigenvalue weighted by atomic mass is 16.5. The zero-order valence-electron chi connectivity index (χ0n) is 12.9. The first-order valence-electron chi connectivity index (χ1n) is 7.33. The molecule has 0 amide bonds. The Morgan fingerprint density at radius 3 is 2.68 bits per heavy atom. The van der Waals surface area contributed by atoms with Crippen LogP contribution >= 0.6 is 0 Å². The lowest BCUT2D eigenvalue weighted by molar-refractivity contribution is 0.0553. The second-order valence-corrected chi connectivity index (χ2v) is 6.66. The van der Waals surface area contributed by atoms with E-state index in [4.69, 9.17) is 4.74 Å². The fraction of sp³-hybridized carbons (Fsp3) is 0.647. The molecule has 0 spiro atoms. The van der Waals surface area contributed by atoms with E-state index in [1.807, 2.05) is 7.05 Å². The van der Waals surface area contributed by atoms with E-state index in [-0.39, 0.29) is 6.10 Å². The molecule has 1 N–H and O–H groups in total. The topological polar surface area (TPSA) is 21.3 Å². The molecule has 19 heavy (non-hydrogen) atoms. The highest BCUT2D eigenvalue weighted by Crippen LogP contribution is 2.37. The molecule has 2 nitrogen and oxygen atoms in total. The van der Waals surface area contributed by atoms with Crippen molar-refractivity contribution in [3.05, 3.63) is 29.3 Å². The zero-order chi connectivity index (χ0) is 14.0. The Morgan fingerprint density at radius 2 is 2.00 bits per heavy atom. The van der Waals surface area contributed by atoms with Crippen LogP contribution in [0.1, 0.15) is 44.2 Å². The van der Waals surface area contributed by atoms with Crippen LogP contribution in [0.25, 0.3) is 0 Å². The average Bonchev–Trinajstić information content (AvgIpc) is 2.34. The number of hydrogen-bond donors (Lipinski definition) is 1. The fourth-order valence-corrected chi connectivity index (χ4v) is 2.99. The summed E-state index contributed by atoms with van der Waals surface area (Å²) in [6.07, 6.45) is 3.85. The number of hydrogen-bond acceptors (Lipinski definition) is 2. The van der Waals surface area contributed by atoms with Gasteiger partial charge in [-0.1, -0.05) is 26.0 Å². The molecule has 1 fully saturated rings. The maximum atomic E-state index is 6.34. The van der Waals surface area contributed by atoms with Crippen molar-refractivity contribution in [2.75, 3.05) is 7.05 Å². The van der Waals surface area contributed by atoms with Gasteiger partial charge >= 0.3 is 0 Å². The van der Waals surface area contributed by atoms with Crippen molar-refractivity contribution >= 4 is 0 Å². The molecule has 0 aromatic heterocycles. The Kier molecular flexibility index (Phi) is 4.19. The first-order chi connectivity index (χ1) is 8.93. The molecule has 106 valence electrons. The minimum atomic E-state index is 0.272. The molecular weight excluding hydrogens is 234 g/mol. The number of rotatable bonds is 3. The number of nitrogens with one attached hydrogen (secondary N) is 1. The van der Waals surface area contributed by atoms with Gasteiger partial charge in [0.1, 0.15) is 11.9 Å². The molecule has 0 bridgehead atoms. The highest BCUT2D eigenvalue weighted by Gasteiger charge is 2.35. The molecule has 2 atom stereocenters. The average molecular weight is 261 g/mol. The molecule has 1 aliphatic carbocycles. The van der Waals surface area contributed by atoms with E-state index < -0.39 is 0 Å². The normalized spacial score (nSPS) is 26.2. The van der Waals surface area contributed by atoms with E-state index in [1.54, 1.807) is 0 Å². The van der Waals surface area contributed by atoms with Crippen molar-refractivity contribution in [1.82, 2.24) is 5.32 Å². The van der Waals surface area contributed by atoms with Crippen LogP contribution in [0.4, 0.5) is 0 Å². The van der Waals surface area contributed by atoms with Gasteiger partial charge < -0.3 is 10.1 Å². The molecule has 2 rings (SSSR count). The summed E-state index contributed by atoms with van der Waals surface area (Å²) >= 11 is 0. The second kappa shape index (κ2) is 5.54. The Bertz CT molecular complexity index is 439. The third kappa shape index (κ3) is 3.30. The van der Waals surface area contributed by atoms with Gasteiger partial charge in [0.15, 0.2) is 0 Å². The molecule has 1 saturated carbocycles. The van der Waals surface area contributed by atoms with Gasteiger partial charge in [-0.3, -0.25) is 0 Å². The largest absolute Gasteiger partial charge is 0.489 e. The van der Waals surface area contributed by atoms with Gasteiger partial charge in [0.2, 0.25) is 0 Å². The molecule has 0 aliphatic heterocycles. The van der Waals surface area contributed by atoms with Crippen LogP contribution in [-0.2, 0) is 0 Å². The standard InChI is InChI=1S/C17H27NO/c1-12-7-6-8-15(13(12)2)19-16-11-17(3,4)10-9-14(16)18-5/h6-8,14,16,18H,9-11H2,1-5H3. The summed E-state index contributed by atoms with van der Waals surface area (Å²) in [4.78, 5) is 0. The van der Waals surface area contributed by atoms with Crippen molar-refractivity contribution in [1.29, 1.82) is 0 Å². The minimum Gasteiger partial charge on any atom is -0.489 e. The Hall–Kier alpha value is -1.02. The van der Waals surface area contributed by atoms with Gasteiger partial charge in [0.05, 0.1) is 0 Å². The van der Waals surface area contributed by atoms with Crippen LogP contribution in [-0.4, -0.2) is 19.2 Å². The number of aryl methyl sites for hydroxylation is 1. The van der Waals surface area contributed by atoms with Crippen molar-refractivity contribution in [2.45, 2.75) is 59.1 Å². The van der Waals surface area contributed by atoms with Crippen LogP contribution in [0.5, 0.6) is 5.75 Å². The fourth-order valence-electron chi connectivity index (χ4n) is 2.99. The van der Waals surface area contributed by atoms with Gasteiger partial charge in [0, 0.05) is 6.04 Å². The Labute approximate surface area is 117 Å². The zero-order valence-corrected chi connectivity index (χ0v) is 12.9. The van der Waals surface area contributed by atoms with Gasteiger partial charge in [-0.15, -0.1) is 0 Å². The maximum absolute atomic E-state index is 6.34. The van der Waals surface area contributed by atoms with E-state index in [1.165, 1.54) is 24.0 Å². The third-order valence-electron chi connectivity index (χ3n) is 4.54. The molecule has 1 aromatic rings. The van der Waals surface area contributed by atoms with E-state index in [9.17, 15) is 0 Å². The monoisotopic (exact) mass is 261 g/mol. The number of likely N-dealkylation sites (N-methyl/N-ethyl adjacent to an activating group) is 1. The summed E-state index contributed by atoms with van der Waals surface area (Å²) in [6, 6.07) is 6.78. The molecular formula is C17H27NO. The number of benzene rings is 1. The quantitative estimate of drug-likeness (QED) is 0.892. The molecule has 2 heteroatoms. The molecule has 0 saturated heterocycles. The van der Waals surface area contributed by atoms with Crippen molar-refractivity contribution < 1.29 is 4.74 Å². The van der Waals surface area contributed by atoms with Gasteiger partial charge in [0.25, 0.3) is 0 Å². The smallest absolute Gasteiger partial charge is 0.122 e. The van der Waals surface area contributed by atoms with Gasteiger partial charge in [-0.05, 0) is 62.8 Å². The first-order valence-corrected chi connectivity index (χ1v) is 7.33. The summed E-state index contributed by atoms with van der Waals surface area (Å²) in [7, 11) is 2.04. The lowest BCUT2D eigenvalue weighted by atomic mass is 9.74. The molecule has 1 aromatic carbocycles.